The van der Waals surface area contributed by atoms with Gasteiger partial charge in [0, 0.05) is 29.3 Å². The number of aromatic nitrogens is 1. The molecule has 37 heavy (non-hydrogen) atoms. The van der Waals surface area contributed by atoms with E-state index in [-0.39, 0.29) is 11.8 Å². The van der Waals surface area contributed by atoms with Crippen LogP contribution in [0.4, 0.5) is 5.69 Å². The highest BCUT2D eigenvalue weighted by molar-refractivity contribution is 5.98. The van der Waals surface area contributed by atoms with Gasteiger partial charge in [-0.3, -0.25) is 9.78 Å². The molecule has 6 nitrogen and oxygen atoms in total. The number of carbonyl (C=O) groups excluding carboxylic acids is 1. The number of hydrogen-bond acceptors (Lipinski definition) is 5. The molecule has 1 aliphatic rings. The van der Waals surface area contributed by atoms with Crippen LogP contribution < -0.4 is 19.5 Å². The lowest BCUT2D eigenvalue weighted by atomic mass is 10.1. The number of anilines is 1. The van der Waals surface area contributed by atoms with E-state index in [2.05, 4.69) is 22.4 Å². The number of amides is 1. The zero-order chi connectivity index (χ0) is 25.4. The normalized spacial score (nSPS) is 16.4. The average Bonchev–Trinajstić information content (AvgIpc) is 3.74. The van der Waals surface area contributed by atoms with Crippen molar-refractivity contribution >= 4 is 33.3 Å². The van der Waals surface area contributed by atoms with E-state index >= 15 is 0 Å². The molecule has 0 aliphatic heterocycles. The molecule has 2 atom stereocenters. The van der Waals surface area contributed by atoms with Crippen molar-refractivity contribution < 1.29 is 19.0 Å². The van der Waals surface area contributed by atoms with Gasteiger partial charge in [0.2, 0.25) is 5.91 Å². The second kappa shape index (κ2) is 9.47. The van der Waals surface area contributed by atoms with Crippen LogP contribution >= 0.6 is 0 Å². The predicted octanol–water partition coefficient (Wildman–Crippen LogP) is 6.94. The minimum absolute atomic E-state index is 0.0170. The fourth-order valence-electron chi connectivity index (χ4n) is 4.82. The second-order valence-electron chi connectivity index (χ2n) is 9.21. The molecule has 5 aromatic rings. The van der Waals surface area contributed by atoms with E-state index in [9.17, 15) is 4.79 Å². The Labute approximate surface area is 214 Å². The minimum atomic E-state index is 0.0170. The van der Waals surface area contributed by atoms with Crippen molar-refractivity contribution in [2.75, 3.05) is 19.5 Å². The number of nitrogens with one attached hydrogen (secondary N) is 1. The van der Waals surface area contributed by atoms with Gasteiger partial charge in [-0.15, -0.1) is 0 Å². The molecule has 0 saturated heterocycles. The number of carbonyl (C=O) groups is 1. The second-order valence-corrected chi connectivity index (χ2v) is 9.21. The average molecular weight is 491 g/mol. The van der Waals surface area contributed by atoms with Crippen molar-refractivity contribution in [3.63, 3.8) is 0 Å². The molecular weight excluding hydrogens is 464 g/mol. The molecule has 6 rings (SSSR count). The quantitative estimate of drug-likeness (QED) is 0.268. The van der Waals surface area contributed by atoms with Gasteiger partial charge >= 0.3 is 0 Å². The molecule has 1 N–H and O–H groups in total. The fraction of sp³-hybridized carbons (Fsp3) is 0.161. The maximum absolute atomic E-state index is 12.9. The zero-order valence-electron chi connectivity index (χ0n) is 20.6. The highest BCUT2D eigenvalue weighted by Gasteiger charge is 2.43. The summed E-state index contributed by atoms with van der Waals surface area (Å²) in [7, 11) is 3.20. The summed E-state index contributed by atoms with van der Waals surface area (Å²) in [4.78, 5) is 17.3. The van der Waals surface area contributed by atoms with Crippen LogP contribution in [0.2, 0.25) is 0 Å². The van der Waals surface area contributed by atoms with Gasteiger partial charge in [0.1, 0.15) is 11.5 Å². The summed E-state index contributed by atoms with van der Waals surface area (Å²) in [5.74, 6) is 2.95. The number of benzene rings is 4. The van der Waals surface area contributed by atoms with E-state index in [4.69, 9.17) is 14.2 Å². The van der Waals surface area contributed by atoms with Crippen molar-refractivity contribution in [1.82, 2.24) is 4.98 Å². The summed E-state index contributed by atoms with van der Waals surface area (Å²) in [6.45, 7) is 0. The number of methoxy groups -OCH3 is 2. The predicted molar refractivity (Wildman–Crippen MR) is 145 cm³/mol. The standard InChI is InChI=1S/C31H26N2O4/c1-35-29-17-26-27(18-30(29)36-2)32-13-12-28(26)37-23-11-9-19-8-10-22(14-21(19)15-23)33-31(34)25-16-24(25)20-6-4-3-5-7-20/h3-15,17-18,24-25H,16H2,1-2H3,(H,33,34)/t24-,25+/m1/s1. The van der Waals surface area contributed by atoms with Crippen LogP contribution in [0.1, 0.15) is 17.9 Å². The lowest BCUT2D eigenvalue weighted by Crippen LogP contribution is -2.14. The molecule has 1 saturated carbocycles. The molecule has 1 aromatic heterocycles. The number of ether oxygens (including phenoxy) is 3. The van der Waals surface area contributed by atoms with Crippen LogP contribution in [-0.2, 0) is 4.79 Å². The van der Waals surface area contributed by atoms with Gasteiger partial charge in [-0.2, -0.15) is 0 Å². The molecule has 0 bridgehead atoms. The Balaban J connectivity index is 1.23. The van der Waals surface area contributed by atoms with E-state index in [0.717, 1.165) is 33.8 Å². The number of rotatable bonds is 7. The third-order valence-corrected chi connectivity index (χ3v) is 6.87. The Morgan fingerprint density at radius 2 is 1.62 bits per heavy atom. The van der Waals surface area contributed by atoms with Crippen molar-refractivity contribution in [2.24, 2.45) is 5.92 Å². The summed E-state index contributed by atoms with van der Waals surface area (Å²) in [6.07, 6.45) is 2.59. The van der Waals surface area contributed by atoms with Crippen molar-refractivity contribution in [3.05, 3.63) is 96.7 Å². The van der Waals surface area contributed by atoms with Gasteiger partial charge in [-0.25, -0.2) is 0 Å². The van der Waals surface area contributed by atoms with Crippen LogP contribution in [0.3, 0.4) is 0 Å². The number of fused-ring (bicyclic) bond motifs is 2. The molecule has 1 amide bonds. The summed E-state index contributed by atoms with van der Waals surface area (Å²) >= 11 is 0. The van der Waals surface area contributed by atoms with Gasteiger partial charge in [-0.1, -0.05) is 42.5 Å². The first kappa shape index (κ1) is 22.9. The third kappa shape index (κ3) is 4.54. The summed E-state index contributed by atoms with van der Waals surface area (Å²) in [6, 6.07) is 27.6. The van der Waals surface area contributed by atoms with E-state index in [0.29, 0.717) is 28.9 Å². The number of nitrogens with zero attached hydrogens (tertiary/aromatic N) is 1. The highest BCUT2D eigenvalue weighted by Crippen LogP contribution is 2.48. The first-order valence-corrected chi connectivity index (χ1v) is 12.2. The van der Waals surface area contributed by atoms with Gasteiger partial charge < -0.3 is 19.5 Å². The molecule has 0 spiro atoms. The maximum Gasteiger partial charge on any atom is 0.228 e. The first-order valence-electron chi connectivity index (χ1n) is 12.2. The van der Waals surface area contributed by atoms with Crippen LogP contribution in [-0.4, -0.2) is 25.1 Å². The van der Waals surface area contributed by atoms with E-state index in [1.54, 1.807) is 20.4 Å². The lowest BCUT2D eigenvalue weighted by Gasteiger charge is -2.13. The Morgan fingerprint density at radius 3 is 2.43 bits per heavy atom. The van der Waals surface area contributed by atoms with E-state index < -0.39 is 0 Å². The Bertz CT molecular complexity index is 1620. The fourth-order valence-corrected chi connectivity index (χ4v) is 4.82. The molecular formula is C31H26N2O4. The van der Waals surface area contributed by atoms with Crippen LogP contribution in [0.5, 0.6) is 23.0 Å². The van der Waals surface area contributed by atoms with Crippen molar-refractivity contribution in [2.45, 2.75) is 12.3 Å². The molecule has 4 aromatic carbocycles. The molecule has 184 valence electrons. The van der Waals surface area contributed by atoms with E-state index in [1.807, 2.05) is 72.8 Å². The third-order valence-electron chi connectivity index (χ3n) is 6.87. The van der Waals surface area contributed by atoms with E-state index in [1.165, 1.54) is 5.56 Å². The van der Waals surface area contributed by atoms with Crippen LogP contribution in [0.15, 0.2) is 91.1 Å². The molecule has 1 heterocycles. The topological polar surface area (TPSA) is 69.7 Å². The number of pyridine rings is 1. The summed E-state index contributed by atoms with van der Waals surface area (Å²) in [5, 5.41) is 5.95. The molecule has 6 heteroatoms. The monoisotopic (exact) mass is 490 g/mol. The van der Waals surface area contributed by atoms with Crippen LogP contribution in [0.25, 0.3) is 21.7 Å². The molecule has 0 radical (unpaired) electrons. The maximum atomic E-state index is 12.9. The van der Waals surface area contributed by atoms with Gasteiger partial charge in [-0.05, 0) is 65.1 Å². The Kier molecular flexibility index (Phi) is 5.85. The zero-order valence-corrected chi connectivity index (χ0v) is 20.6. The smallest absolute Gasteiger partial charge is 0.228 e. The van der Waals surface area contributed by atoms with Gasteiger partial charge in [0.05, 0.1) is 19.7 Å². The number of hydrogen-bond donors (Lipinski definition) is 1. The molecule has 0 unspecified atom stereocenters. The molecule has 1 fully saturated rings. The Morgan fingerprint density at radius 1 is 0.838 bits per heavy atom. The minimum Gasteiger partial charge on any atom is -0.493 e. The Hall–Kier alpha value is -4.58. The van der Waals surface area contributed by atoms with Gasteiger partial charge in [0.25, 0.3) is 0 Å². The van der Waals surface area contributed by atoms with Gasteiger partial charge in [0.15, 0.2) is 11.5 Å². The SMILES string of the molecule is COc1cc2nccc(Oc3ccc4ccc(NC(=O)[C@H]5C[C@@H]5c5ccccc5)cc4c3)c2cc1OC. The summed E-state index contributed by atoms with van der Waals surface area (Å²) in [5.41, 5.74) is 2.75. The van der Waals surface area contributed by atoms with Crippen molar-refractivity contribution in [1.29, 1.82) is 0 Å². The van der Waals surface area contributed by atoms with Crippen LogP contribution in [0, 0.1) is 5.92 Å². The first-order chi connectivity index (χ1) is 18.1. The van der Waals surface area contributed by atoms with Crippen molar-refractivity contribution in [3.8, 4) is 23.0 Å². The molecule has 1 aliphatic carbocycles. The summed E-state index contributed by atoms with van der Waals surface area (Å²) < 4.78 is 17.1. The lowest BCUT2D eigenvalue weighted by molar-refractivity contribution is -0.117. The largest absolute Gasteiger partial charge is 0.493 e. The highest BCUT2D eigenvalue weighted by atomic mass is 16.5.